The van der Waals surface area contributed by atoms with Crippen molar-refractivity contribution in [3.05, 3.63) is 72.8 Å². The summed E-state index contributed by atoms with van der Waals surface area (Å²) in [6.45, 7) is 1.39. The number of carbonyl (C=O) groups is 1. The van der Waals surface area contributed by atoms with Crippen LogP contribution in [0.5, 0.6) is 0 Å². The third-order valence-electron chi connectivity index (χ3n) is 3.51. The van der Waals surface area contributed by atoms with Gasteiger partial charge in [0, 0.05) is 43.4 Å². The molecule has 0 atom stereocenters. The van der Waals surface area contributed by atoms with Crippen molar-refractivity contribution in [2.24, 2.45) is 0 Å². The molecule has 24 heavy (non-hydrogen) atoms. The molecule has 0 fully saturated rings. The van der Waals surface area contributed by atoms with Crippen molar-refractivity contribution in [1.29, 1.82) is 0 Å². The van der Waals surface area contributed by atoms with Gasteiger partial charge in [-0.25, -0.2) is 4.68 Å². The summed E-state index contributed by atoms with van der Waals surface area (Å²) in [4.78, 5) is 16.3. The minimum absolute atomic E-state index is 0.0783. The number of benzene rings is 1. The number of anilines is 1. The van der Waals surface area contributed by atoms with Crippen LogP contribution in [0, 0.1) is 0 Å². The van der Waals surface area contributed by atoms with E-state index < -0.39 is 0 Å². The lowest BCUT2D eigenvalue weighted by atomic mass is 10.2. The summed E-state index contributed by atoms with van der Waals surface area (Å²) in [5.41, 5.74) is 2.48. The number of aromatic nitrogens is 3. The highest BCUT2D eigenvalue weighted by molar-refractivity contribution is 5.94. The first-order chi connectivity index (χ1) is 11.8. The topological polar surface area (TPSA) is 71.8 Å². The van der Waals surface area contributed by atoms with Gasteiger partial charge in [0.1, 0.15) is 0 Å². The Morgan fingerprint density at radius 1 is 1.08 bits per heavy atom. The Kier molecular flexibility index (Phi) is 5.19. The highest BCUT2D eigenvalue weighted by Gasteiger charge is 2.06. The zero-order chi connectivity index (χ0) is 16.6. The summed E-state index contributed by atoms with van der Waals surface area (Å²) in [5, 5.41) is 10.4. The maximum atomic E-state index is 12.2. The standard InChI is InChI=1S/C18H19N5O/c24-18(21-10-3-9-20-16-6-2-8-19-14-16)15-5-1-7-17(13-15)23-12-4-11-22-23/h1-2,4-8,11-14,20H,3,9-10H2,(H,21,24). The van der Waals surface area contributed by atoms with Gasteiger partial charge in [-0.15, -0.1) is 0 Å². The average molecular weight is 321 g/mol. The third-order valence-corrected chi connectivity index (χ3v) is 3.51. The summed E-state index contributed by atoms with van der Waals surface area (Å²) < 4.78 is 1.73. The molecule has 1 aromatic carbocycles. The molecule has 0 bridgehead atoms. The molecule has 0 aliphatic heterocycles. The van der Waals surface area contributed by atoms with Crippen molar-refractivity contribution in [3.63, 3.8) is 0 Å². The van der Waals surface area contributed by atoms with Gasteiger partial charge in [0.05, 0.1) is 11.4 Å². The molecule has 0 radical (unpaired) electrons. The fraction of sp³-hybridized carbons (Fsp3) is 0.167. The van der Waals surface area contributed by atoms with Crippen molar-refractivity contribution in [3.8, 4) is 5.69 Å². The second-order valence-corrected chi connectivity index (χ2v) is 5.28. The summed E-state index contributed by atoms with van der Waals surface area (Å²) in [6.07, 6.45) is 7.91. The Labute approximate surface area is 140 Å². The lowest BCUT2D eigenvalue weighted by Crippen LogP contribution is -2.25. The van der Waals surface area contributed by atoms with E-state index in [9.17, 15) is 4.79 Å². The normalized spacial score (nSPS) is 10.3. The van der Waals surface area contributed by atoms with Gasteiger partial charge in [0.25, 0.3) is 5.91 Å². The van der Waals surface area contributed by atoms with E-state index >= 15 is 0 Å². The summed E-state index contributed by atoms with van der Waals surface area (Å²) in [5.74, 6) is -0.0783. The second-order valence-electron chi connectivity index (χ2n) is 5.28. The van der Waals surface area contributed by atoms with E-state index in [4.69, 9.17) is 0 Å². The summed E-state index contributed by atoms with van der Waals surface area (Å²) >= 11 is 0. The predicted octanol–water partition coefficient (Wildman–Crippen LogP) is 2.50. The fourth-order valence-electron chi connectivity index (χ4n) is 2.30. The zero-order valence-electron chi connectivity index (χ0n) is 13.2. The Morgan fingerprint density at radius 2 is 2.04 bits per heavy atom. The van der Waals surface area contributed by atoms with Gasteiger partial charge in [-0.2, -0.15) is 5.10 Å². The van der Waals surface area contributed by atoms with Crippen LogP contribution in [-0.2, 0) is 0 Å². The van der Waals surface area contributed by atoms with Crippen molar-refractivity contribution in [2.45, 2.75) is 6.42 Å². The first-order valence-corrected chi connectivity index (χ1v) is 7.85. The van der Waals surface area contributed by atoms with E-state index in [2.05, 4.69) is 20.7 Å². The molecule has 122 valence electrons. The van der Waals surface area contributed by atoms with E-state index in [1.54, 1.807) is 29.3 Å². The Bertz CT molecular complexity index is 771. The van der Waals surface area contributed by atoms with E-state index in [-0.39, 0.29) is 5.91 Å². The van der Waals surface area contributed by atoms with E-state index in [1.807, 2.05) is 42.6 Å². The van der Waals surface area contributed by atoms with Crippen LogP contribution in [0.15, 0.2) is 67.3 Å². The fourth-order valence-corrected chi connectivity index (χ4v) is 2.30. The van der Waals surface area contributed by atoms with Gasteiger partial charge >= 0.3 is 0 Å². The molecule has 2 aromatic heterocycles. The average Bonchev–Trinajstić information content (AvgIpc) is 3.17. The molecule has 1 amide bonds. The minimum Gasteiger partial charge on any atom is -0.384 e. The van der Waals surface area contributed by atoms with Crippen LogP contribution in [0.4, 0.5) is 5.69 Å². The van der Waals surface area contributed by atoms with E-state index in [0.717, 1.165) is 24.3 Å². The highest BCUT2D eigenvalue weighted by atomic mass is 16.1. The van der Waals surface area contributed by atoms with Crippen LogP contribution < -0.4 is 10.6 Å². The predicted molar refractivity (Wildman–Crippen MR) is 93.2 cm³/mol. The lowest BCUT2D eigenvalue weighted by Gasteiger charge is -2.08. The first-order valence-electron chi connectivity index (χ1n) is 7.85. The highest BCUT2D eigenvalue weighted by Crippen LogP contribution is 2.09. The number of pyridine rings is 1. The molecule has 0 unspecified atom stereocenters. The van der Waals surface area contributed by atoms with Crippen LogP contribution in [0.25, 0.3) is 5.69 Å². The van der Waals surface area contributed by atoms with E-state index in [0.29, 0.717) is 12.1 Å². The number of nitrogens with one attached hydrogen (secondary N) is 2. The molecule has 0 aliphatic rings. The zero-order valence-corrected chi connectivity index (χ0v) is 13.2. The van der Waals surface area contributed by atoms with Crippen LogP contribution in [0.3, 0.4) is 0 Å². The van der Waals surface area contributed by atoms with Gasteiger partial charge in [-0.1, -0.05) is 6.07 Å². The summed E-state index contributed by atoms with van der Waals surface area (Å²) in [6, 6.07) is 13.1. The number of carbonyl (C=O) groups excluding carboxylic acids is 1. The van der Waals surface area contributed by atoms with Gasteiger partial charge in [-0.3, -0.25) is 9.78 Å². The minimum atomic E-state index is -0.0783. The maximum Gasteiger partial charge on any atom is 0.251 e. The molecule has 2 N–H and O–H groups in total. The Morgan fingerprint density at radius 3 is 2.83 bits per heavy atom. The molecular formula is C18H19N5O. The molecule has 6 heteroatoms. The van der Waals surface area contributed by atoms with Crippen molar-refractivity contribution in [2.75, 3.05) is 18.4 Å². The molecule has 0 saturated carbocycles. The van der Waals surface area contributed by atoms with E-state index in [1.165, 1.54) is 0 Å². The quantitative estimate of drug-likeness (QED) is 0.656. The SMILES string of the molecule is O=C(NCCCNc1cccnc1)c1cccc(-n2cccn2)c1. The number of hydrogen-bond donors (Lipinski definition) is 2. The molecule has 3 rings (SSSR count). The van der Waals surface area contributed by atoms with Gasteiger partial charge in [0.15, 0.2) is 0 Å². The van der Waals surface area contributed by atoms with Crippen molar-refractivity contribution >= 4 is 11.6 Å². The van der Waals surface area contributed by atoms with Crippen LogP contribution in [0.1, 0.15) is 16.8 Å². The second kappa shape index (κ2) is 7.92. The Hall–Kier alpha value is -3.15. The lowest BCUT2D eigenvalue weighted by molar-refractivity contribution is 0.0953. The smallest absolute Gasteiger partial charge is 0.251 e. The van der Waals surface area contributed by atoms with Crippen molar-refractivity contribution < 1.29 is 4.79 Å². The molecule has 3 aromatic rings. The molecule has 0 spiro atoms. The van der Waals surface area contributed by atoms with Gasteiger partial charge in [0.2, 0.25) is 0 Å². The van der Waals surface area contributed by atoms with Crippen LogP contribution in [0.2, 0.25) is 0 Å². The maximum absolute atomic E-state index is 12.2. The van der Waals surface area contributed by atoms with Crippen LogP contribution in [-0.4, -0.2) is 33.8 Å². The molecule has 6 nitrogen and oxygen atoms in total. The van der Waals surface area contributed by atoms with Gasteiger partial charge in [-0.05, 0) is 42.8 Å². The third kappa shape index (κ3) is 4.19. The van der Waals surface area contributed by atoms with Crippen LogP contribution >= 0.6 is 0 Å². The molecule has 2 heterocycles. The number of amides is 1. The monoisotopic (exact) mass is 321 g/mol. The van der Waals surface area contributed by atoms with Gasteiger partial charge < -0.3 is 10.6 Å². The number of nitrogens with zero attached hydrogens (tertiary/aromatic N) is 3. The first kappa shape index (κ1) is 15.7. The Balaban J connectivity index is 1.46. The molecular weight excluding hydrogens is 302 g/mol. The number of rotatable bonds is 7. The molecule has 0 aliphatic carbocycles. The molecule has 0 saturated heterocycles. The largest absolute Gasteiger partial charge is 0.384 e. The summed E-state index contributed by atoms with van der Waals surface area (Å²) in [7, 11) is 0. The number of hydrogen-bond acceptors (Lipinski definition) is 4. The van der Waals surface area contributed by atoms with Crippen molar-refractivity contribution in [1.82, 2.24) is 20.1 Å².